The van der Waals surface area contributed by atoms with E-state index in [9.17, 15) is 9.90 Å². The Hall–Kier alpha value is -2.49. The highest BCUT2D eigenvalue weighted by Crippen LogP contribution is 2.36. The summed E-state index contributed by atoms with van der Waals surface area (Å²) in [5, 5.41) is 9.98. The minimum absolute atomic E-state index is 0.0505. The predicted molar refractivity (Wildman–Crippen MR) is 82.1 cm³/mol. The maximum atomic E-state index is 12.6. The van der Waals surface area contributed by atoms with Crippen LogP contribution in [0.25, 0.3) is 0 Å². The quantitative estimate of drug-likeness (QED) is 0.657. The zero-order chi connectivity index (χ0) is 15.0. The van der Waals surface area contributed by atoms with Gasteiger partial charge in [-0.1, -0.05) is 30.3 Å². The molecule has 1 atom stereocenters. The Bertz CT molecular complexity index is 697. The molecular weight excluding hydrogens is 264 g/mol. The average Bonchev–Trinajstić information content (AvgIpc) is 2.92. The summed E-state index contributed by atoms with van der Waals surface area (Å²) in [6, 6.07) is 13.1. The van der Waals surface area contributed by atoms with Crippen LogP contribution < -0.4 is 5.73 Å². The van der Waals surface area contributed by atoms with E-state index in [1.807, 2.05) is 12.1 Å². The number of carbonyl (C=O) groups excluding carboxylic acids is 1. The van der Waals surface area contributed by atoms with E-state index < -0.39 is 0 Å². The standard InChI is InChI=1S/C17H18N2O2/c1-19(15-10-9-11-5-2-3-6-12(11)15)17(21)13-7-4-8-14(18)16(13)20/h2-8,15,20H,9-10,18H2,1H3. The molecule has 0 radical (unpaired) electrons. The van der Waals surface area contributed by atoms with Crippen molar-refractivity contribution in [3.63, 3.8) is 0 Å². The third-order valence-electron chi connectivity index (χ3n) is 4.19. The highest BCUT2D eigenvalue weighted by molar-refractivity contribution is 5.98. The van der Waals surface area contributed by atoms with Gasteiger partial charge < -0.3 is 15.7 Å². The summed E-state index contributed by atoms with van der Waals surface area (Å²) in [5.41, 5.74) is 8.62. The molecule has 0 heterocycles. The van der Waals surface area contributed by atoms with E-state index in [0.717, 1.165) is 12.8 Å². The Morgan fingerprint density at radius 1 is 1.24 bits per heavy atom. The first-order valence-corrected chi connectivity index (χ1v) is 7.02. The molecule has 3 N–H and O–H groups in total. The Labute approximate surface area is 123 Å². The first-order chi connectivity index (χ1) is 10.1. The van der Waals surface area contributed by atoms with Crippen LogP contribution in [0.1, 0.15) is 33.9 Å². The van der Waals surface area contributed by atoms with Gasteiger partial charge in [0.2, 0.25) is 0 Å². The summed E-state index contributed by atoms with van der Waals surface area (Å²) in [5.74, 6) is -0.345. The monoisotopic (exact) mass is 282 g/mol. The van der Waals surface area contributed by atoms with Crippen LogP contribution >= 0.6 is 0 Å². The van der Waals surface area contributed by atoms with Gasteiger partial charge in [0, 0.05) is 7.05 Å². The molecule has 0 aromatic heterocycles. The highest BCUT2D eigenvalue weighted by Gasteiger charge is 2.29. The van der Waals surface area contributed by atoms with E-state index >= 15 is 0 Å². The Kier molecular flexibility index (Phi) is 3.29. The van der Waals surface area contributed by atoms with Crippen LogP contribution in [0.4, 0.5) is 5.69 Å². The van der Waals surface area contributed by atoms with Gasteiger partial charge in [0.15, 0.2) is 5.75 Å². The van der Waals surface area contributed by atoms with Crippen LogP contribution in [0, 0.1) is 0 Å². The molecule has 21 heavy (non-hydrogen) atoms. The first kappa shape index (κ1) is 13.5. The maximum Gasteiger partial charge on any atom is 0.257 e. The number of amides is 1. The number of para-hydroxylation sites is 1. The van der Waals surface area contributed by atoms with Crippen molar-refractivity contribution < 1.29 is 9.90 Å². The van der Waals surface area contributed by atoms with Crippen molar-refractivity contribution in [2.75, 3.05) is 12.8 Å². The lowest BCUT2D eigenvalue weighted by molar-refractivity contribution is 0.0727. The summed E-state index contributed by atoms with van der Waals surface area (Å²) in [4.78, 5) is 14.3. The van der Waals surface area contributed by atoms with Crippen molar-refractivity contribution in [2.24, 2.45) is 0 Å². The van der Waals surface area contributed by atoms with Crippen LogP contribution in [0.2, 0.25) is 0 Å². The van der Waals surface area contributed by atoms with E-state index in [0.29, 0.717) is 0 Å². The third-order valence-corrected chi connectivity index (χ3v) is 4.19. The minimum atomic E-state index is -0.207. The number of aryl methyl sites for hydroxylation is 1. The summed E-state index contributed by atoms with van der Waals surface area (Å²) in [6.07, 6.45) is 1.88. The molecule has 0 spiro atoms. The molecule has 2 aromatic carbocycles. The van der Waals surface area contributed by atoms with Gasteiger partial charge in [-0.3, -0.25) is 4.79 Å². The molecule has 3 rings (SSSR count). The second kappa shape index (κ2) is 5.13. The molecule has 0 saturated carbocycles. The lowest BCUT2D eigenvalue weighted by Gasteiger charge is -2.26. The van der Waals surface area contributed by atoms with E-state index in [4.69, 9.17) is 5.73 Å². The summed E-state index contributed by atoms with van der Waals surface area (Å²) in [7, 11) is 1.78. The molecule has 108 valence electrons. The van der Waals surface area contributed by atoms with Crippen molar-refractivity contribution in [2.45, 2.75) is 18.9 Å². The Morgan fingerprint density at radius 3 is 2.81 bits per heavy atom. The fraction of sp³-hybridized carbons (Fsp3) is 0.235. The molecule has 0 bridgehead atoms. The molecular formula is C17H18N2O2. The lowest BCUT2D eigenvalue weighted by atomic mass is 10.1. The minimum Gasteiger partial charge on any atom is -0.505 e. The van der Waals surface area contributed by atoms with Crippen LogP contribution in [0.3, 0.4) is 0 Å². The number of aromatic hydroxyl groups is 1. The van der Waals surface area contributed by atoms with Crippen LogP contribution in [-0.4, -0.2) is 23.0 Å². The molecule has 1 aliphatic carbocycles. The van der Waals surface area contributed by atoms with E-state index in [-0.39, 0.29) is 28.9 Å². The van der Waals surface area contributed by atoms with E-state index in [2.05, 4.69) is 12.1 Å². The number of carbonyl (C=O) groups is 1. The van der Waals surface area contributed by atoms with Crippen molar-refractivity contribution in [1.29, 1.82) is 0 Å². The molecule has 0 fully saturated rings. The van der Waals surface area contributed by atoms with Gasteiger partial charge in [-0.25, -0.2) is 0 Å². The van der Waals surface area contributed by atoms with Crippen molar-refractivity contribution >= 4 is 11.6 Å². The summed E-state index contributed by atoms with van der Waals surface area (Å²) >= 11 is 0. The van der Waals surface area contributed by atoms with E-state index in [1.165, 1.54) is 11.1 Å². The zero-order valence-electron chi connectivity index (χ0n) is 11.9. The van der Waals surface area contributed by atoms with Crippen LogP contribution in [0.15, 0.2) is 42.5 Å². The smallest absolute Gasteiger partial charge is 0.257 e. The molecule has 4 nitrogen and oxygen atoms in total. The molecule has 4 heteroatoms. The number of phenolic OH excluding ortho intramolecular Hbond substituents is 1. The number of nitrogen functional groups attached to an aromatic ring is 1. The van der Waals surface area contributed by atoms with Crippen molar-refractivity contribution in [3.8, 4) is 5.75 Å². The topological polar surface area (TPSA) is 66.6 Å². The molecule has 1 unspecified atom stereocenters. The number of rotatable bonds is 2. The van der Waals surface area contributed by atoms with Crippen LogP contribution in [-0.2, 0) is 6.42 Å². The second-order valence-electron chi connectivity index (χ2n) is 5.41. The zero-order valence-corrected chi connectivity index (χ0v) is 11.9. The lowest BCUT2D eigenvalue weighted by Crippen LogP contribution is -2.30. The number of nitrogens with two attached hydrogens (primary N) is 1. The van der Waals surface area contributed by atoms with Gasteiger partial charge in [0.05, 0.1) is 17.3 Å². The molecule has 0 saturated heterocycles. The normalized spacial score (nSPS) is 16.5. The Morgan fingerprint density at radius 2 is 2.00 bits per heavy atom. The molecule has 1 amide bonds. The van der Waals surface area contributed by atoms with Gasteiger partial charge >= 0.3 is 0 Å². The summed E-state index contributed by atoms with van der Waals surface area (Å²) in [6.45, 7) is 0. The van der Waals surface area contributed by atoms with Gasteiger partial charge in [0.1, 0.15) is 0 Å². The maximum absolute atomic E-state index is 12.6. The number of fused-ring (bicyclic) bond motifs is 1. The SMILES string of the molecule is CN(C(=O)c1cccc(N)c1O)C1CCc2ccccc21. The highest BCUT2D eigenvalue weighted by atomic mass is 16.3. The number of hydrogen-bond acceptors (Lipinski definition) is 3. The third kappa shape index (κ3) is 2.23. The van der Waals surface area contributed by atoms with Crippen LogP contribution in [0.5, 0.6) is 5.75 Å². The average molecular weight is 282 g/mol. The van der Waals surface area contributed by atoms with Gasteiger partial charge in [0.25, 0.3) is 5.91 Å². The first-order valence-electron chi connectivity index (χ1n) is 7.02. The molecule has 0 aliphatic heterocycles. The number of hydrogen-bond donors (Lipinski definition) is 2. The summed E-state index contributed by atoms with van der Waals surface area (Å²) < 4.78 is 0. The fourth-order valence-electron chi connectivity index (χ4n) is 3.00. The molecule has 1 aliphatic rings. The second-order valence-corrected chi connectivity index (χ2v) is 5.41. The fourth-order valence-corrected chi connectivity index (χ4v) is 3.00. The van der Waals surface area contributed by atoms with E-state index in [1.54, 1.807) is 30.1 Å². The van der Waals surface area contributed by atoms with Crippen molar-refractivity contribution in [3.05, 3.63) is 59.2 Å². The van der Waals surface area contributed by atoms with Gasteiger partial charge in [-0.15, -0.1) is 0 Å². The number of benzene rings is 2. The Balaban J connectivity index is 1.91. The number of anilines is 1. The van der Waals surface area contributed by atoms with Gasteiger partial charge in [-0.2, -0.15) is 0 Å². The predicted octanol–water partition coefficient (Wildman–Crippen LogP) is 2.73. The number of phenols is 1. The largest absolute Gasteiger partial charge is 0.505 e. The van der Waals surface area contributed by atoms with Gasteiger partial charge in [-0.05, 0) is 36.1 Å². The molecule has 2 aromatic rings. The van der Waals surface area contributed by atoms with Crippen molar-refractivity contribution in [1.82, 2.24) is 4.90 Å². The number of nitrogens with zero attached hydrogens (tertiary/aromatic N) is 1.